The van der Waals surface area contributed by atoms with Gasteiger partial charge in [-0.1, -0.05) is 29.8 Å². The molecule has 0 radical (unpaired) electrons. The summed E-state index contributed by atoms with van der Waals surface area (Å²) in [6.45, 7) is 0.375. The maximum atomic E-state index is 8.84. The van der Waals surface area contributed by atoms with Crippen LogP contribution < -0.4 is 4.74 Å². The van der Waals surface area contributed by atoms with E-state index in [-0.39, 0.29) is 0 Å². The number of nitriles is 1. The van der Waals surface area contributed by atoms with Crippen LogP contribution in [0.4, 0.5) is 0 Å². The van der Waals surface area contributed by atoms with Crippen molar-refractivity contribution in [3.8, 4) is 11.8 Å². The Morgan fingerprint density at radius 1 is 1.16 bits per heavy atom. The Balaban J connectivity index is 2.15. The normalized spacial score (nSPS) is 9.95. The fourth-order valence-corrected chi connectivity index (χ4v) is 2.27. The maximum absolute atomic E-state index is 8.84. The van der Waals surface area contributed by atoms with Crippen molar-refractivity contribution in [1.29, 1.82) is 5.26 Å². The van der Waals surface area contributed by atoms with Crippen LogP contribution in [-0.4, -0.2) is 0 Å². The third kappa shape index (κ3) is 3.41. The van der Waals surface area contributed by atoms with E-state index in [4.69, 9.17) is 33.2 Å². The highest BCUT2D eigenvalue weighted by Gasteiger charge is 2.07. The maximum Gasteiger partial charge on any atom is 0.125 e. The van der Waals surface area contributed by atoms with E-state index in [0.29, 0.717) is 28.8 Å². The molecule has 0 aromatic heterocycles. The van der Waals surface area contributed by atoms with Gasteiger partial charge in [-0.25, -0.2) is 0 Å². The molecular formula is C15H11Cl2NO. The molecule has 0 fully saturated rings. The first kappa shape index (κ1) is 13.7. The number of alkyl halides is 1. The number of rotatable bonds is 4. The predicted molar refractivity (Wildman–Crippen MR) is 76.5 cm³/mol. The Kier molecular flexibility index (Phi) is 4.68. The molecule has 0 aliphatic heterocycles. The third-order valence-electron chi connectivity index (χ3n) is 2.66. The second-order valence-corrected chi connectivity index (χ2v) is 4.63. The molecule has 0 bridgehead atoms. The van der Waals surface area contributed by atoms with E-state index < -0.39 is 0 Å². The molecule has 4 heteroatoms. The van der Waals surface area contributed by atoms with Gasteiger partial charge in [-0.05, 0) is 29.8 Å². The van der Waals surface area contributed by atoms with Crippen molar-refractivity contribution < 1.29 is 4.74 Å². The Labute approximate surface area is 122 Å². The molecule has 0 saturated carbocycles. The van der Waals surface area contributed by atoms with Crippen LogP contribution in [0.15, 0.2) is 42.5 Å². The standard InChI is InChI=1S/C15H11Cl2NO/c16-8-13-14(17)5-2-6-15(13)19-10-12-4-1-3-11(7-12)9-18/h1-7H,8,10H2. The molecule has 0 heterocycles. The van der Waals surface area contributed by atoms with Crippen LogP contribution in [0, 0.1) is 11.3 Å². The molecule has 2 aromatic carbocycles. The van der Waals surface area contributed by atoms with Gasteiger partial charge in [0.15, 0.2) is 0 Å². The molecular weight excluding hydrogens is 281 g/mol. The second-order valence-electron chi connectivity index (χ2n) is 3.95. The lowest BCUT2D eigenvalue weighted by atomic mass is 10.1. The molecule has 2 aromatic rings. The van der Waals surface area contributed by atoms with Crippen LogP contribution in [0.5, 0.6) is 5.75 Å². The average molecular weight is 292 g/mol. The zero-order chi connectivity index (χ0) is 13.7. The van der Waals surface area contributed by atoms with E-state index in [2.05, 4.69) is 6.07 Å². The SMILES string of the molecule is N#Cc1cccc(COc2cccc(Cl)c2CCl)c1. The molecule has 0 N–H and O–H groups in total. The van der Waals surface area contributed by atoms with Gasteiger partial charge in [0.05, 0.1) is 17.5 Å². The zero-order valence-electron chi connectivity index (χ0n) is 10.1. The molecule has 2 nitrogen and oxygen atoms in total. The van der Waals surface area contributed by atoms with E-state index in [1.165, 1.54) is 0 Å². The van der Waals surface area contributed by atoms with Gasteiger partial charge < -0.3 is 4.74 Å². The smallest absolute Gasteiger partial charge is 0.125 e. The molecule has 19 heavy (non-hydrogen) atoms. The summed E-state index contributed by atoms with van der Waals surface area (Å²) in [6.07, 6.45) is 0. The summed E-state index contributed by atoms with van der Waals surface area (Å²) in [4.78, 5) is 0. The summed E-state index contributed by atoms with van der Waals surface area (Å²) >= 11 is 11.9. The largest absolute Gasteiger partial charge is 0.489 e. The Hall–Kier alpha value is -1.69. The summed E-state index contributed by atoms with van der Waals surface area (Å²) in [5, 5.41) is 9.44. The number of hydrogen-bond donors (Lipinski definition) is 0. The Bertz CT molecular complexity index is 620. The van der Waals surface area contributed by atoms with Crippen molar-refractivity contribution in [2.75, 3.05) is 0 Å². The molecule has 0 amide bonds. The number of nitrogens with zero attached hydrogens (tertiary/aromatic N) is 1. The molecule has 0 aliphatic rings. The van der Waals surface area contributed by atoms with Gasteiger partial charge in [-0.3, -0.25) is 0 Å². The summed E-state index contributed by atoms with van der Waals surface area (Å²) in [5.41, 5.74) is 2.33. The van der Waals surface area contributed by atoms with Gasteiger partial charge in [0.2, 0.25) is 0 Å². The number of benzene rings is 2. The van der Waals surface area contributed by atoms with Crippen molar-refractivity contribution >= 4 is 23.2 Å². The average Bonchev–Trinajstić information content (AvgIpc) is 2.45. The monoisotopic (exact) mass is 291 g/mol. The third-order valence-corrected chi connectivity index (χ3v) is 3.28. The van der Waals surface area contributed by atoms with Gasteiger partial charge in [0.25, 0.3) is 0 Å². The molecule has 0 unspecified atom stereocenters. The summed E-state index contributed by atoms with van der Waals surface area (Å²) < 4.78 is 5.72. The van der Waals surface area contributed by atoms with Crippen molar-refractivity contribution in [1.82, 2.24) is 0 Å². The fraction of sp³-hybridized carbons (Fsp3) is 0.133. The summed E-state index contributed by atoms with van der Waals surface area (Å²) in [5.74, 6) is 0.970. The first-order valence-electron chi connectivity index (χ1n) is 5.70. The van der Waals surface area contributed by atoms with Crippen molar-refractivity contribution in [3.05, 3.63) is 64.2 Å². The molecule has 2 rings (SSSR count). The first-order chi connectivity index (χ1) is 9.24. The van der Waals surface area contributed by atoms with Crippen LogP contribution in [-0.2, 0) is 12.5 Å². The van der Waals surface area contributed by atoms with Crippen LogP contribution >= 0.6 is 23.2 Å². The highest BCUT2D eigenvalue weighted by atomic mass is 35.5. The van der Waals surface area contributed by atoms with E-state index >= 15 is 0 Å². The van der Waals surface area contributed by atoms with Crippen molar-refractivity contribution in [2.24, 2.45) is 0 Å². The highest BCUT2D eigenvalue weighted by Crippen LogP contribution is 2.28. The second kappa shape index (κ2) is 6.47. The number of ether oxygens (including phenoxy) is 1. The quantitative estimate of drug-likeness (QED) is 0.776. The van der Waals surface area contributed by atoms with E-state index in [1.807, 2.05) is 24.3 Å². The van der Waals surface area contributed by atoms with Crippen molar-refractivity contribution in [3.63, 3.8) is 0 Å². The molecule has 96 valence electrons. The van der Waals surface area contributed by atoms with Gasteiger partial charge in [0.1, 0.15) is 12.4 Å². The minimum Gasteiger partial charge on any atom is -0.489 e. The van der Waals surface area contributed by atoms with Crippen LogP contribution in [0.1, 0.15) is 16.7 Å². The van der Waals surface area contributed by atoms with E-state index in [9.17, 15) is 0 Å². The topological polar surface area (TPSA) is 33.0 Å². The van der Waals surface area contributed by atoms with Crippen LogP contribution in [0.25, 0.3) is 0 Å². The van der Waals surface area contributed by atoms with E-state index in [1.54, 1.807) is 18.2 Å². The van der Waals surface area contributed by atoms with Gasteiger partial charge in [0, 0.05) is 10.6 Å². The minimum absolute atomic E-state index is 0.299. The highest BCUT2D eigenvalue weighted by molar-refractivity contribution is 6.32. The van der Waals surface area contributed by atoms with Gasteiger partial charge in [-0.2, -0.15) is 5.26 Å². The molecule has 0 spiro atoms. The summed E-state index contributed by atoms with van der Waals surface area (Å²) in [7, 11) is 0. The number of hydrogen-bond acceptors (Lipinski definition) is 2. The summed E-state index contributed by atoms with van der Waals surface area (Å²) in [6, 6.07) is 14.8. The minimum atomic E-state index is 0.299. The molecule has 0 aliphatic carbocycles. The predicted octanol–water partition coefficient (Wildman–Crippen LogP) is 4.53. The Morgan fingerprint density at radius 2 is 1.95 bits per heavy atom. The molecule has 0 atom stereocenters. The lowest BCUT2D eigenvalue weighted by molar-refractivity contribution is 0.304. The Morgan fingerprint density at radius 3 is 2.68 bits per heavy atom. The van der Waals surface area contributed by atoms with Gasteiger partial charge in [-0.15, -0.1) is 11.6 Å². The fourth-order valence-electron chi connectivity index (χ4n) is 1.70. The van der Waals surface area contributed by atoms with Gasteiger partial charge >= 0.3 is 0 Å². The lowest BCUT2D eigenvalue weighted by Gasteiger charge is -2.11. The van der Waals surface area contributed by atoms with Crippen LogP contribution in [0.3, 0.4) is 0 Å². The lowest BCUT2D eigenvalue weighted by Crippen LogP contribution is -1.98. The molecule has 0 saturated heterocycles. The van der Waals surface area contributed by atoms with Crippen LogP contribution in [0.2, 0.25) is 5.02 Å². The number of halogens is 2. The first-order valence-corrected chi connectivity index (χ1v) is 6.61. The van der Waals surface area contributed by atoms with E-state index in [0.717, 1.165) is 11.1 Å². The van der Waals surface area contributed by atoms with Crippen molar-refractivity contribution in [2.45, 2.75) is 12.5 Å². The zero-order valence-corrected chi connectivity index (χ0v) is 11.6.